The van der Waals surface area contributed by atoms with Crippen LogP contribution in [0.5, 0.6) is 0 Å². The Hall–Kier alpha value is 0.556. The Balaban J connectivity index is -0.00000116. The molecule has 0 rings (SSSR count). The summed E-state index contributed by atoms with van der Waals surface area (Å²) < 4.78 is 217. The van der Waals surface area contributed by atoms with E-state index in [1.54, 1.807) is 0 Å². The van der Waals surface area contributed by atoms with E-state index in [9.17, 15) is 74.6 Å². The fourth-order valence-electron chi connectivity index (χ4n) is 1.09. The van der Waals surface area contributed by atoms with E-state index in [0.717, 1.165) is 0 Å². The van der Waals surface area contributed by atoms with Crippen LogP contribution in [0.1, 0.15) is 0 Å². The predicted molar refractivity (Wildman–Crippen MR) is 55.5 cm³/mol. The van der Waals surface area contributed by atoms with E-state index in [4.69, 9.17) is 19.2 Å². The molecule has 0 radical (unpaired) electrons. The molecule has 0 aliphatic carbocycles. The monoisotopic (exact) mass is 556 g/mol. The van der Waals surface area contributed by atoms with E-state index in [-0.39, 0.29) is 51.4 Å². The van der Waals surface area contributed by atoms with Crippen molar-refractivity contribution in [2.75, 3.05) is 0 Å². The minimum Gasteiger partial charge on any atom is -0.415 e. The Bertz CT molecular complexity index is 632. The maximum atomic E-state index is 12.7. The summed E-state index contributed by atoms with van der Waals surface area (Å²) in [7, 11) is -4.64. The second-order valence-electron chi connectivity index (χ2n) is 4.72. The first-order valence-corrected chi connectivity index (χ1v) is 7.31. The summed E-state index contributed by atoms with van der Waals surface area (Å²) >= 11 is 0. The van der Waals surface area contributed by atoms with Gasteiger partial charge in [0.1, 0.15) is 0 Å². The van der Waals surface area contributed by atoms with Crippen LogP contribution < -0.4 is 51.4 Å². The van der Waals surface area contributed by atoms with Gasteiger partial charge in [-0.2, -0.15) is 57.1 Å². The standard InChI is InChI=1S/C8F17.K.H3O4P/c9-1(10)2(11,12)3(13,14)4(15,16)5(17,18)6(19,20)7(21,22)8(23,24)25;;1-5(2,3)4/h;;(H3,1,2,3,4)/q-1;+1;. The molecule has 0 heterocycles. The maximum absolute atomic E-state index is 12.7. The molecule has 0 aromatic carbocycles. The van der Waals surface area contributed by atoms with Gasteiger partial charge in [-0.15, -0.1) is 0 Å². The predicted octanol–water partition coefficient (Wildman–Crippen LogP) is 1.86. The second-order valence-corrected chi connectivity index (χ2v) is 5.74. The van der Waals surface area contributed by atoms with E-state index in [0.29, 0.717) is 0 Å². The molecule has 0 fully saturated rings. The van der Waals surface area contributed by atoms with Crippen LogP contribution in [0.4, 0.5) is 74.6 Å². The molecule has 0 atom stereocenters. The Morgan fingerprint density at radius 2 is 0.710 bits per heavy atom. The fraction of sp³-hybridized carbons (Fsp3) is 0.875. The molecule has 23 heteroatoms. The number of rotatable bonds is 6. The van der Waals surface area contributed by atoms with Crippen LogP contribution in [0, 0.1) is 6.43 Å². The molecule has 0 aliphatic heterocycles. The van der Waals surface area contributed by atoms with Crippen molar-refractivity contribution in [3.8, 4) is 0 Å². The minimum absolute atomic E-state index is 0. The molecule has 0 aliphatic rings. The molecule has 0 bridgehead atoms. The van der Waals surface area contributed by atoms with Gasteiger partial charge in [-0.1, -0.05) is 0 Å². The van der Waals surface area contributed by atoms with Gasteiger partial charge < -0.3 is 23.5 Å². The van der Waals surface area contributed by atoms with Crippen molar-refractivity contribution in [2.45, 2.75) is 41.7 Å². The van der Waals surface area contributed by atoms with Crippen molar-refractivity contribution in [1.29, 1.82) is 0 Å². The summed E-state index contributed by atoms with van der Waals surface area (Å²) in [4.78, 5) is 21.6. The third-order valence-corrected chi connectivity index (χ3v) is 2.57. The van der Waals surface area contributed by atoms with Crippen molar-refractivity contribution in [3.63, 3.8) is 0 Å². The normalized spacial score (nSPS) is 15.3. The van der Waals surface area contributed by atoms with Crippen molar-refractivity contribution >= 4 is 7.82 Å². The molecule has 0 aromatic heterocycles. The molecule has 0 aromatic rings. The number of phosphoric acid groups is 1. The SMILES string of the molecule is F[C-](F)C(F)(F)C(F)(F)C(F)(F)C(F)(F)C(F)(F)C(F)(F)C(F)(F)F.O=P(O)(O)O.[K+]. The van der Waals surface area contributed by atoms with Gasteiger partial charge in [0, 0.05) is 0 Å². The number of hydrogen-bond donors (Lipinski definition) is 3. The first kappa shape index (κ1) is 36.1. The molecular formula is C8H3F17KO4P. The minimum atomic E-state index is -8.55. The summed E-state index contributed by atoms with van der Waals surface area (Å²) in [5.74, 6) is -49.4. The zero-order valence-electron chi connectivity index (χ0n) is 13.6. The van der Waals surface area contributed by atoms with E-state index in [2.05, 4.69) is 0 Å². The molecule has 0 saturated heterocycles. The molecule has 31 heavy (non-hydrogen) atoms. The fourth-order valence-corrected chi connectivity index (χ4v) is 1.09. The zero-order valence-corrected chi connectivity index (χ0v) is 17.6. The van der Waals surface area contributed by atoms with Crippen molar-refractivity contribution in [1.82, 2.24) is 0 Å². The summed E-state index contributed by atoms with van der Waals surface area (Å²) in [6.45, 7) is 0. The molecular weight excluding hydrogens is 553 g/mol. The van der Waals surface area contributed by atoms with Crippen LogP contribution in [0.15, 0.2) is 0 Å². The first-order valence-electron chi connectivity index (χ1n) is 5.75. The van der Waals surface area contributed by atoms with Gasteiger partial charge in [-0.3, -0.25) is 0 Å². The quantitative estimate of drug-likeness (QED) is 0.202. The van der Waals surface area contributed by atoms with Gasteiger partial charge in [0.05, 0.1) is 6.43 Å². The van der Waals surface area contributed by atoms with Crippen LogP contribution >= 0.6 is 7.82 Å². The Morgan fingerprint density at radius 1 is 0.516 bits per heavy atom. The van der Waals surface area contributed by atoms with E-state index in [1.165, 1.54) is 0 Å². The second kappa shape index (κ2) is 10.0. The van der Waals surface area contributed by atoms with Gasteiger partial charge >= 0.3 is 95.0 Å². The molecule has 4 nitrogen and oxygen atoms in total. The molecule has 3 N–H and O–H groups in total. The van der Waals surface area contributed by atoms with Gasteiger partial charge in [-0.05, 0) is 0 Å². The largest absolute Gasteiger partial charge is 1.00 e. The van der Waals surface area contributed by atoms with Gasteiger partial charge in [-0.25, -0.2) is 13.3 Å². The Labute approximate surface area is 200 Å². The molecule has 184 valence electrons. The average Bonchev–Trinajstić information content (AvgIpc) is 2.42. The average molecular weight is 556 g/mol. The van der Waals surface area contributed by atoms with Crippen molar-refractivity contribution in [3.05, 3.63) is 6.43 Å². The van der Waals surface area contributed by atoms with Gasteiger partial charge in [0.15, 0.2) is 0 Å². The summed E-state index contributed by atoms with van der Waals surface area (Å²) in [5, 5.41) is 0. The van der Waals surface area contributed by atoms with Crippen LogP contribution in [-0.2, 0) is 4.57 Å². The first-order chi connectivity index (χ1) is 12.4. The topological polar surface area (TPSA) is 77.8 Å². The molecule has 0 unspecified atom stereocenters. The third-order valence-electron chi connectivity index (χ3n) is 2.57. The van der Waals surface area contributed by atoms with Crippen LogP contribution in [0.25, 0.3) is 0 Å². The smallest absolute Gasteiger partial charge is 0.415 e. The van der Waals surface area contributed by atoms with Crippen molar-refractivity contribution < 1.29 is 145 Å². The van der Waals surface area contributed by atoms with Crippen LogP contribution in [0.3, 0.4) is 0 Å². The Kier molecular flexibility index (Phi) is 11.7. The number of alkyl halides is 15. The third kappa shape index (κ3) is 6.79. The van der Waals surface area contributed by atoms with E-state index < -0.39 is 56.0 Å². The zero-order chi connectivity index (χ0) is 25.6. The summed E-state index contributed by atoms with van der Waals surface area (Å²) in [6, 6.07) is 0. The number of halogens is 17. The van der Waals surface area contributed by atoms with Crippen LogP contribution in [-0.4, -0.2) is 56.4 Å². The molecule has 0 amide bonds. The van der Waals surface area contributed by atoms with Crippen molar-refractivity contribution in [2.24, 2.45) is 0 Å². The molecule has 0 saturated carbocycles. The summed E-state index contributed by atoms with van der Waals surface area (Å²) in [5.41, 5.74) is 0. The maximum Gasteiger partial charge on any atom is 1.00 e. The van der Waals surface area contributed by atoms with E-state index in [1.807, 2.05) is 0 Å². The van der Waals surface area contributed by atoms with Gasteiger partial charge in [0.25, 0.3) is 5.92 Å². The Morgan fingerprint density at radius 3 is 0.903 bits per heavy atom. The van der Waals surface area contributed by atoms with Gasteiger partial charge in [0.2, 0.25) is 0 Å². The number of hydrogen-bond acceptors (Lipinski definition) is 1. The summed E-state index contributed by atoms with van der Waals surface area (Å²) in [6.07, 6.45) is -12.8. The van der Waals surface area contributed by atoms with E-state index >= 15 is 0 Å². The van der Waals surface area contributed by atoms with Crippen LogP contribution in [0.2, 0.25) is 0 Å². The molecule has 0 spiro atoms.